The predicted molar refractivity (Wildman–Crippen MR) is 87.9 cm³/mol. The van der Waals surface area contributed by atoms with Crippen LogP contribution in [0.3, 0.4) is 0 Å². The molecule has 0 amide bonds. The van der Waals surface area contributed by atoms with E-state index in [1.807, 2.05) is 11.3 Å². The highest BCUT2D eigenvalue weighted by atomic mass is 32.1. The van der Waals surface area contributed by atoms with Crippen molar-refractivity contribution in [1.29, 1.82) is 0 Å². The Labute approximate surface area is 127 Å². The van der Waals surface area contributed by atoms with E-state index in [0.717, 1.165) is 12.8 Å². The van der Waals surface area contributed by atoms with Crippen LogP contribution in [0.2, 0.25) is 0 Å². The average molecular weight is 295 g/mol. The minimum absolute atomic E-state index is 0.225. The Hall–Kier alpha value is -0.420. The maximum atomic E-state index is 5.94. The van der Waals surface area contributed by atoms with Crippen LogP contribution in [0.1, 0.15) is 49.8 Å². The SMILES string of the molecule is CN(C)C1(C(CCc2cccs2)NN)CCCCCC1. The second-order valence-corrected chi connectivity index (χ2v) is 7.28. The first-order valence-corrected chi connectivity index (χ1v) is 8.73. The maximum Gasteiger partial charge on any atom is 0.0398 e. The van der Waals surface area contributed by atoms with Crippen LogP contribution in [0, 0.1) is 0 Å². The number of nitrogens with zero attached hydrogens (tertiary/aromatic N) is 1. The molecule has 1 heterocycles. The summed E-state index contributed by atoms with van der Waals surface area (Å²) in [4.78, 5) is 3.89. The van der Waals surface area contributed by atoms with E-state index in [1.165, 1.54) is 43.4 Å². The first-order valence-electron chi connectivity index (χ1n) is 7.85. The summed E-state index contributed by atoms with van der Waals surface area (Å²) in [7, 11) is 4.45. The summed E-state index contributed by atoms with van der Waals surface area (Å²) in [6.07, 6.45) is 10.2. The number of rotatable bonds is 6. The molecule has 0 aromatic carbocycles. The molecular weight excluding hydrogens is 266 g/mol. The number of nitrogens with two attached hydrogens (primary N) is 1. The van der Waals surface area contributed by atoms with Gasteiger partial charge in [0.25, 0.3) is 0 Å². The van der Waals surface area contributed by atoms with Crippen molar-refractivity contribution in [2.45, 2.75) is 62.9 Å². The van der Waals surface area contributed by atoms with Gasteiger partial charge in [0, 0.05) is 16.5 Å². The third-order valence-corrected chi connectivity index (χ3v) is 5.91. The van der Waals surface area contributed by atoms with Gasteiger partial charge in [-0.2, -0.15) is 0 Å². The predicted octanol–water partition coefficient (Wildman–Crippen LogP) is 3.17. The normalized spacial score (nSPS) is 20.8. The lowest BCUT2D eigenvalue weighted by molar-refractivity contribution is 0.0765. The molecule has 0 radical (unpaired) electrons. The van der Waals surface area contributed by atoms with E-state index in [9.17, 15) is 0 Å². The van der Waals surface area contributed by atoms with Crippen LogP contribution < -0.4 is 11.3 Å². The summed E-state index contributed by atoms with van der Waals surface area (Å²) in [6, 6.07) is 4.74. The van der Waals surface area contributed by atoms with E-state index in [4.69, 9.17) is 5.84 Å². The number of aryl methyl sites for hydroxylation is 1. The minimum atomic E-state index is 0.225. The summed E-state index contributed by atoms with van der Waals surface area (Å²) in [5.41, 5.74) is 3.37. The number of hydrogen-bond donors (Lipinski definition) is 2. The Kier molecular flexibility index (Phi) is 6.02. The zero-order valence-electron chi connectivity index (χ0n) is 12.9. The van der Waals surface area contributed by atoms with Gasteiger partial charge in [0.15, 0.2) is 0 Å². The van der Waals surface area contributed by atoms with E-state index in [0.29, 0.717) is 6.04 Å². The van der Waals surface area contributed by atoms with Gasteiger partial charge in [-0.3, -0.25) is 11.3 Å². The lowest BCUT2D eigenvalue weighted by Crippen LogP contribution is -2.60. The lowest BCUT2D eigenvalue weighted by atomic mass is 9.79. The lowest BCUT2D eigenvalue weighted by Gasteiger charge is -2.45. The number of hydrogen-bond acceptors (Lipinski definition) is 4. The number of hydrazine groups is 1. The van der Waals surface area contributed by atoms with Gasteiger partial charge in [0.2, 0.25) is 0 Å². The fraction of sp³-hybridized carbons (Fsp3) is 0.750. The van der Waals surface area contributed by atoms with Gasteiger partial charge < -0.3 is 4.90 Å². The average Bonchev–Trinajstić information content (AvgIpc) is 2.83. The van der Waals surface area contributed by atoms with Gasteiger partial charge in [-0.25, -0.2) is 0 Å². The Morgan fingerprint density at radius 1 is 1.30 bits per heavy atom. The highest BCUT2D eigenvalue weighted by Gasteiger charge is 2.40. The minimum Gasteiger partial charge on any atom is -0.302 e. The van der Waals surface area contributed by atoms with Crippen molar-refractivity contribution in [2.24, 2.45) is 5.84 Å². The molecule has 0 bridgehead atoms. The van der Waals surface area contributed by atoms with Crippen LogP contribution in [-0.2, 0) is 6.42 Å². The van der Waals surface area contributed by atoms with E-state index in [2.05, 4.69) is 41.9 Å². The van der Waals surface area contributed by atoms with Crippen LogP contribution in [0.25, 0.3) is 0 Å². The molecule has 1 aromatic rings. The number of likely N-dealkylation sites (N-methyl/N-ethyl adjacent to an activating group) is 1. The van der Waals surface area contributed by atoms with E-state index in [-0.39, 0.29) is 5.54 Å². The number of thiophene rings is 1. The van der Waals surface area contributed by atoms with E-state index >= 15 is 0 Å². The van der Waals surface area contributed by atoms with Crippen molar-refractivity contribution < 1.29 is 0 Å². The molecule has 3 N–H and O–H groups in total. The van der Waals surface area contributed by atoms with Crippen molar-refractivity contribution in [2.75, 3.05) is 14.1 Å². The third-order valence-electron chi connectivity index (χ3n) is 4.97. The molecule has 1 atom stereocenters. The molecule has 1 unspecified atom stereocenters. The first kappa shape index (κ1) is 16.0. The van der Waals surface area contributed by atoms with Crippen molar-refractivity contribution in [1.82, 2.24) is 10.3 Å². The summed E-state index contributed by atoms with van der Waals surface area (Å²) < 4.78 is 0. The molecule has 2 rings (SSSR count). The zero-order chi connectivity index (χ0) is 14.4. The van der Waals surface area contributed by atoms with Crippen LogP contribution in [0.4, 0.5) is 0 Å². The van der Waals surface area contributed by atoms with E-state index in [1.54, 1.807) is 0 Å². The third kappa shape index (κ3) is 3.61. The largest absolute Gasteiger partial charge is 0.302 e. The van der Waals surface area contributed by atoms with Crippen molar-refractivity contribution >= 4 is 11.3 Å². The molecule has 1 aliphatic carbocycles. The van der Waals surface area contributed by atoms with Crippen molar-refractivity contribution in [3.8, 4) is 0 Å². The van der Waals surface area contributed by atoms with Crippen LogP contribution in [-0.4, -0.2) is 30.6 Å². The molecule has 114 valence electrons. The molecule has 1 saturated carbocycles. The monoisotopic (exact) mass is 295 g/mol. The Balaban J connectivity index is 2.07. The Morgan fingerprint density at radius 2 is 2.00 bits per heavy atom. The summed E-state index contributed by atoms with van der Waals surface area (Å²) >= 11 is 1.85. The fourth-order valence-electron chi connectivity index (χ4n) is 3.70. The van der Waals surface area contributed by atoms with Crippen LogP contribution in [0.15, 0.2) is 17.5 Å². The standard InChI is InChI=1S/C16H29N3S/c1-19(2)16(11-5-3-4-6-12-16)15(18-17)10-9-14-8-7-13-20-14/h7-8,13,15,18H,3-6,9-12,17H2,1-2H3. The molecule has 20 heavy (non-hydrogen) atoms. The molecule has 0 aliphatic heterocycles. The molecule has 1 fully saturated rings. The Morgan fingerprint density at radius 3 is 2.50 bits per heavy atom. The van der Waals surface area contributed by atoms with Gasteiger partial charge in [-0.05, 0) is 51.2 Å². The Bertz CT molecular complexity index is 367. The molecule has 0 spiro atoms. The zero-order valence-corrected chi connectivity index (χ0v) is 13.7. The van der Waals surface area contributed by atoms with Crippen molar-refractivity contribution in [3.63, 3.8) is 0 Å². The summed E-state index contributed by atoms with van der Waals surface area (Å²) in [5, 5.41) is 2.16. The first-order chi connectivity index (χ1) is 9.69. The highest BCUT2D eigenvalue weighted by molar-refractivity contribution is 7.09. The van der Waals surface area contributed by atoms with Crippen LogP contribution >= 0.6 is 11.3 Å². The summed E-state index contributed by atoms with van der Waals surface area (Å²) in [5.74, 6) is 5.94. The van der Waals surface area contributed by atoms with Gasteiger partial charge in [0.1, 0.15) is 0 Å². The quantitative estimate of drug-likeness (QED) is 0.481. The highest BCUT2D eigenvalue weighted by Crippen LogP contribution is 2.35. The van der Waals surface area contributed by atoms with Gasteiger partial charge >= 0.3 is 0 Å². The fourth-order valence-corrected chi connectivity index (χ4v) is 4.42. The van der Waals surface area contributed by atoms with Gasteiger partial charge in [-0.1, -0.05) is 31.7 Å². The van der Waals surface area contributed by atoms with Crippen LogP contribution in [0.5, 0.6) is 0 Å². The van der Waals surface area contributed by atoms with Crippen molar-refractivity contribution in [3.05, 3.63) is 22.4 Å². The van der Waals surface area contributed by atoms with Gasteiger partial charge in [0.05, 0.1) is 0 Å². The topological polar surface area (TPSA) is 41.3 Å². The van der Waals surface area contributed by atoms with Gasteiger partial charge in [-0.15, -0.1) is 11.3 Å². The number of nitrogens with one attached hydrogen (secondary N) is 1. The van der Waals surface area contributed by atoms with E-state index < -0.39 is 0 Å². The molecule has 4 heteroatoms. The second-order valence-electron chi connectivity index (χ2n) is 6.25. The molecule has 3 nitrogen and oxygen atoms in total. The smallest absolute Gasteiger partial charge is 0.0398 e. The second kappa shape index (κ2) is 7.55. The molecule has 1 aliphatic rings. The maximum absolute atomic E-state index is 5.94. The molecular formula is C16H29N3S. The molecule has 0 saturated heterocycles. The molecule has 1 aromatic heterocycles. The summed E-state index contributed by atoms with van der Waals surface area (Å²) in [6.45, 7) is 0.